The molecule has 1 fully saturated rings. The normalized spacial score (nSPS) is 22.6. The zero-order valence-corrected chi connectivity index (χ0v) is 39.4. The third-order valence-electron chi connectivity index (χ3n) is 9.58. The van der Waals surface area contributed by atoms with Crippen LogP contribution in [0.15, 0.2) is 134 Å². The Hall–Kier alpha value is -4.01. The van der Waals surface area contributed by atoms with Crippen LogP contribution in [0.25, 0.3) is 0 Å². The molecule has 8 atom stereocenters. The van der Waals surface area contributed by atoms with E-state index in [-0.39, 0.29) is 12.8 Å². The van der Waals surface area contributed by atoms with Gasteiger partial charge in [0.05, 0.1) is 6.61 Å². The van der Waals surface area contributed by atoms with Gasteiger partial charge in [-0.3, -0.25) is 18.6 Å². The zero-order valence-electron chi connectivity index (χ0n) is 38.5. The quantitative estimate of drug-likeness (QED) is 0.0115. The summed E-state index contributed by atoms with van der Waals surface area (Å²) in [4.78, 5) is 35.7. The second kappa shape index (κ2) is 39.2. The molecule has 0 amide bonds. The van der Waals surface area contributed by atoms with Gasteiger partial charge in [-0.25, -0.2) is 4.57 Å². The Bertz CT molecular complexity index is 1640. The molecule has 1 rings (SSSR count). The van der Waals surface area contributed by atoms with E-state index in [4.69, 9.17) is 18.5 Å². The number of aliphatic hydroxyl groups excluding tert-OH is 5. The molecule has 0 aromatic heterocycles. The molecule has 1 aliphatic carbocycles. The number of aliphatic hydroxyl groups is 5. The first kappa shape index (κ1) is 59.0. The first-order valence-corrected chi connectivity index (χ1v) is 24.5. The topological polar surface area (TPSA) is 210 Å². The van der Waals surface area contributed by atoms with Crippen LogP contribution in [0.1, 0.15) is 117 Å². The van der Waals surface area contributed by atoms with Crippen molar-refractivity contribution in [3.8, 4) is 0 Å². The number of phosphoric ester groups is 1. The van der Waals surface area contributed by atoms with E-state index in [9.17, 15) is 44.6 Å². The van der Waals surface area contributed by atoms with Crippen LogP contribution in [-0.4, -0.2) is 98.3 Å². The highest BCUT2D eigenvalue weighted by molar-refractivity contribution is 7.47. The fraction of sp³-hybridized carbons (Fsp3) is 0.529. The number of ether oxygens (including phenoxy) is 2. The van der Waals surface area contributed by atoms with Gasteiger partial charge in [-0.2, -0.15) is 0 Å². The van der Waals surface area contributed by atoms with E-state index in [0.717, 1.165) is 70.6 Å². The van der Waals surface area contributed by atoms with Crippen molar-refractivity contribution >= 4 is 19.8 Å². The Morgan fingerprint density at radius 1 is 0.492 bits per heavy atom. The molecule has 0 spiro atoms. The predicted octanol–water partition coefficient (Wildman–Crippen LogP) is 9.16. The molecule has 65 heavy (non-hydrogen) atoms. The maximum absolute atomic E-state index is 12.8. The molecule has 0 saturated heterocycles. The molecule has 13 nitrogen and oxygen atoms in total. The first-order valence-electron chi connectivity index (χ1n) is 23.0. The van der Waals surface area contributed by atoms with E-state index >= 15 is 0 Å². The highest BCUT2D eigenvalue weighted by Gasteiger charge is 2.51. The predicted molar refractivity (Wildman–Crippen MR) is 257 cm³/mol. The molecule has 0 radical (unpaired) electrons. The Labute approximate surface area is 387 Å². The molecule has 0 aromatic rings. The molecule has 0 aliphatic heterocycles. The highest BCUT2D eigenvalue weighted by atomic mass is 31.2. The third-order valence-corrected chi connectivity index (χ3v) is 10.6. The summed E-state index contributed by atoms with van der Waals surface area (Å²) in [5.41, 5.74) is 0. The molecule has 1 aliphatic rings. The summed E-state index contributed by atoms with van der Waals surface area (Å²) in [5, 5.41) is 50.1. The molecule has 0 bridgehead atoms. The number of unbranched alkanes of at least 4 members (excludes halogenated alkanes) is 4. The molecule has 0 aromatic carbocycles. The van der Waals surface area contributed by atoms with Gasteiger partial charge in [0.1, 0.15) is 43.2 Å². The summed E-state index contributed by atoms with van der Waals surface area (Å²) in [6, 6.07) is 0. The first-order chi connectivity index (χ1) is 31.4. The minimum Gasteiger partial charge on any atom is -0.462 e. The van der Waals surface area contributed by atoms with E-state index in [0.29, 0.717) is 19.3 Å². The van der Waals surface area contributed by atoms with Crippen LogP contribution >= 0.6 is 7.82 Å². The van der Waals surface area contributed by atoms with Crippen LogP contribution in [0.3, 0.4) is 0 Å². The summed E-state index contributed by atoms with van der Waals surface area (Å²) < 4.78 is 33.4. The lowest BCUT2D eigenvalue weighted by Gasteiger charge is -2.41. The van der Waals surface area contributed by atoms with Gasteiger partial charge in [0.2, 0.25) is 0 Å². The maximum Gasteiger partial charge on any atom is 0.472 e. The number of hydrogen-bond donors (Lipinski definition) is 6. The number of esters is 2. The van der Waals surface area contributed by atoms with Gasteiger partial charge < -0.3 is 39.9 Å². The maximum atomic E-state index is 12.8. The van der Waals surface area contributed by atoms with Crippen LogP contribution in [0, 0.1) is 0 Å². The lowest BCUT2D eigenvalue weighted by atomic mass is 9.85. The van der Waals surface area contributed by atoms with Gasteiger partial charge in [0.15, 0.2) is 6.10 Å². The van der Waals surface area contributed by atoms with E-state index in [1.807, 2.05) is 54.7 Å². The molecular weight excluding hydrogens is 852 g/mol. The smallest absolute Gasteiger partial charge is 0.462 e. The second-order valence-electron chi connectivity index (χ2n) is 15.2. The van der Waals surface area contributed by atoms with Crippen molar-refractivity contribution in [2.75, 3.05) is 13.2 Å². The van der Waals surface area contributed by atoms with Gasteiger partial charge in [-0.05, 0) is 83.5 Å². The summed E-state index contributed by atoms with van der Waals surface area (Å²) >= 11 is 0. The lowest BCUT2D eigenvalue weighted by Crippen LogP contribution is -2.64. The van der Waals surface area contributed by atoms with Crippen LogP contribution in [-0.2, 0) is 32.7 Å². The number of carbonyl (C=O) groups is 2. The summed E-state index contributed by atoms with van der Waals surface area (Å²) in [7, 11) is -5.15. The van der Waals surface area contributed by atoms with E-state index < -0.39 is 75.7 Å². The van der Waals surface area contributed by atoms with Gasteiger partial charge in [0, 0.05) is 12.8 Å². The largest absolute Gasteiger partial charge is 0.472 e. The highest BCUT2D eigenvalue weighted by Crippen LogP contribution is 2.47. The van der Waals surface area contributed by atoms with E-state index in [1.165, 1.54) is 0 Å². The number of phosphoric acid groups is 1. The van der Waals surface area contributed by atoms with Gasteiger partial charge in [-0.1, -0.05) is 154 Å². The van der Waals surface area contributed by atoms with Crippen molar-refractivity contribution < 1.29 is 63.1 Å². The molecule has 1 saturated carbocycles. The molecular formula is C51H77O13P. The van der Waals surface area contributed by atoms with Crippen molar-refractivity contribution in [3.63, 3.8) is 0 Å². The number of carbonyl (C=O) groups excluding carboxylic acids is 2. The zero-order chi connectivity index (χ0) is 47.8. The van der Waals surface area contributed by atoms with Crippen LogP contribution in [0.5, 0.6) is 0 Å². The number of hydrogen-bond acceptors (Lipinski definition) is 12. The van der Waals surface area contributed by atoms with Crippen molar-refractivity contribution in [3.05, 3.63) is 134 Å². The minimum absolute atomic E-state index is 0.0287. The fourth-order valence-electron chi connectivity index (χ4n) is 5.93. The average molecular weight is 929 g/mol. The van der Waals surface area contributed by atoms with E-state index in [1.54, 1.807) is 0 Å². The minimum atomic E-state index is -5.15. The monoisotopic (exact) mass is 929 g/mol. The average Bonchev–Trinajstić information content (AvgIpc) is 3.29. The molecule has 14 heteroatoms. The van der Waals surface area contributed by atoms with Gasteiger partial charge >= 0.3 is 19.8 Å². The van der Waals surface area contributed by atoms with Crippen molar-refractivity contribution in [1.29, 1.82) is 0 Å². The van der Waals surface area contributed by atoms with Crippen molar-refractivity contribution in [2.24, 2.45) is 0 Å². The molecule has 7 unspecified atom stereocenters. The molecule has 364 valence electrons. The Morgan fingerprint density at radius 3 is 1.45 bits per heavy atom. The Kier molecular flexibility index (Phi) is 35.6. The fourth-order valence-corrected chi connectivity index (χ4v) is 6.90. The number of allylic oxidation sites excluding steroid dienone is 22. The van der Waals surface area contributed by atoms with Gasteiger partial charge in [-0.15, -0.1) is 0 Å². The van der Waals surface area contributed by atoms with Gasteiger partial charge in [0.25, 0.3) is 0 Å². The van der Waals surface area contributed by atoms with Crippen molar-refractivity contribution in [2.45, 2.75) is 159 Å². The lowest BCUT2D eigenvalue weighted by molar-refractivity contribution is -0.220. The standard InChI is InChI=1S/C51H77O13P/c1-3-5-7-9-11-13-15-17-18-19-20-21-22-23-24-25-26-28-29-31-33-35-37-39-44(52)61-41-43(42-62-65(59,60)64-51-49(57)47(55)46(54)48(56)50(51)58)63-45(53)40-38-36-34-32-30-27-16-14-12-10-8-6-4-2/h5-8,10-14,16-18,20-21,23-24,26-28,30-31,33,43,46-51,54-58H,3-4,9,15,19,22,25,29,32,34-42H2,1-2H3,(H,59,60)/b7-5+,8-6+,12-10+,13-11+,16-14+,18-17+,21-20+,24-23+,28-26+,30-27+,33-31+/t43?,46?,47-,48?,49?,50?,51?/m0/s1. The Morgan fingerprint density at radius 2 is 0.923 bits per heavy atom. The summed E-state index contributed by atoms with van der Waals surface area (Å²) in [6.07, 6.45) is 43.8. The van der Waals surface area contributed by atoms with Crippen LogP contribution < -0.4 is 0 Å². The van der Waals surface area contributed by atoms with E-state index in [2.05, 4.69) is 92.8 Å². The van der Waals surface area contributed by atoms with Crippen LogP contribution in [0.4, 0.5) is 0 Å². The van der Waals surface area contributed by atoms with Crippen LogP contribution in [0.2, 0.25) is 0 Å². The second-order valence-corrected chi connectivity index (χ2v) is 16.6. The Balaban J connectivity index is 2.51. The number of rotatable bonds is 35. The summed E-state index contributed by atoms with van der Waals surface area (Å²) in [6.45, 7) is 2.93. The molecule has 0 heterocycles. The van der Waals surface area contributed by atoms with Crippen molar-refractivity contribution in [1.82, 2.24) is 0 Å². The third kappa shape index (κ3) is 31.5. The SMILES string of the molecule is CC/C=C/C=C/C=C/C=C/CCCCCC(=O)OC(COC(=O)CCC/C=C/C/C=C/C/C=C/C/C=C/C/C=C/C/C=C/C/C=C/CC)COP(=O)(O)OC1C(O)C(O)C(O)[C@H](O)C1O. The molecule has 6 N–H and O–H groups in total. The summed E-state index contributed by atoms with van der Waals surface area (Å²) in [5.74, 6) is -1.23.